The summed E-state index contributed by atoms with van der Waals surface area (Å²) >= 11 is 0. The van der Waals surface area contributed by atoms with E-state index in [0.29, 0.717) is 6.54 Å². The third-order valence-corrected chi connectivity index (χ3v) is 2.68. The van der Waals surface area contributed by atoms with E-state index in [1.807, 2.05) is 33.0 Å². The van der Waals surface area contributed by atoms with Crippen LogP contribution in [0, 0.1) is 5.92 Å². The van der Waals surface area contributed by atoms with Gasteiger partial charge < -0.3 is 9.32 Å². The minimum absolute atomic E-state index is 0.143. The number of nitrogens with zero attached hydrogens (tertiary/aromatic N) is 1. The largest absolute Gasteiger partial charge is 0.467 e. The van der Waals surface area contributed by atoms with E-state index in [9.17, 15) is 4.79 Å². The van der Waals surface area contributed by atoms with Crippen LogP contribution in [0.15, 0.2) is 22.8 Å². The lowest BCUT2D eigenvalue weighted by Gasteiger charge is -2.21. The molecule has 84 valence electrons. The van der Waals surface area contributed by atoms with Crippen LogP contribution >= 0.6 is 0 Å². The molecule has 0 aromatic carbocycles. The molecule has 1 amide bonds. The zero-order valence-corrected chi connectivity index (χ0v) is 9.69. The first-order valence-corrected chi connectivity index (χ1v) is 5.46. The van der Waals surface area contributed by atoms with Crippen LogP contribution < -0.4 is 0 Å². The molecule has 0 fully saturated rings. The molecular weight excluding hydrogens is 190 g/mol. The number of furan rings is 1. The Labute approximate surface area is 91.1 Å². The molecule has 1 heterocycles. The Balaban J connectivity index is 2.53. The van der Waals surface area contributed by atoms with Crippen LogP contribution in [-0.2, 0) is 11.3 Å². The van der Waals surface area contributed by atoms with Crippen molar-refractivity contribution in [2.45, 2.75) is 33.2 Å². The van der Waals surface area contributed by atoms with Gasteiger partial charge in [-0.25, -0.2) is 0 Å². The van der Waals surface area contributed by atoms with Gasteiger partial charge in [-0.3, -0.25) is 4.79 Å². The van der Waals surface area contributed by atoms with Crippen molar-refractivity contribution in [2.75, 3.05) is 7.05 Å². The number of amides is 1. The SMILES string of the molecule is CCC(CC)C(=O)N(C)Cc1ccco1. The van der Waals surface area contributed by atoms with Crippen LogP contribution in [0.2, 0.25) is 0 Å². The molecule has 0 spiro atoms. The van der Waals surface area contributed by atoms with Crippen molar-refractivity contribution >= 4 is 5.91 Å². The lowest BCUT2D eigenvalue weighted by Crippen LogP contribution is -2.31. The van der Waals surface area contributed by atoms with Crippen molar-refractivity contribution in [3.8, 4) is 0 Å². The van der Waals surface area contributed by atoms with Crippen LogP contribution in [0.1, 0.15) is 32.4 Å². The topological polar surface area (TPSA) is 33.5 Å². The van der Waals surface area contributed by atoms with Gasteiger partial charge in [-0.1, -0.05) is 13.8 Å². The summed E-state index contributed by atoms with van der Waals surface area (Å²) in [6.45, 7) is 4.65. The van der Waals surface area contributed by atoms with Crippen molar-refractivity contribution in [1.82, 2.24) is 4.90 Å². The van der Waals surface area contributed by atoms with E-state index in [1.165, 1.54) is 0 Å². The van der Waals surface area contributed by atoms with Crippen LogP contribution in [-0.4, -0.2) is 17.9 Å². The van der Waals surface area contributed by atoms with Crippen LogP contribution in [0.3, 0.4) is 0 Å². The average Bonchev–Trinajstić information content (AvgIpc) is 2.72. The molecule has 1 aromatic rings. The Kier molecular flexibility index (Phi) is 4.40. The van der Waals surface area contributed by atoms with Gasteiger partial charge in [0.2, 0.25) is 5.91 Å². The van der Waals surface area contributed by atoms with Crippen molar-refractivity contribution in [2.24, 2.45) is 5.92 Å². The molecule has 15 heavy (non-hydrogen) atoms. The second-order valence-electron chi connectivity index (χ2n) is 3.79. The van der Waals surface area contributed by atoms with Gasteiger partial charge in [0.1, 0.15) is 5.76 Å². The van der Waals surface area contributed by atoms with E-state index < -0.39 is 0 Å². The first kappa shape index (κ1) is 11.8. The number of carbonyl (C=O) groups excluding carboxylic acids is 1. The van der Waals surface area contributed by atoms with Crippen LogP contribution in [0.4, 0.5) is 0 Å². The third kappa shape index (κ3) is 3.11. The van der Waals surface area contributed by atoms with E-state index in [1.54, 1.807) is 11.2 Å². The highest BCUT2D eigenvalue weighted by molar-refractivity contribution is 5.78. The monoisotopic (exact) mass is 209 g/mol. The molecular formula is C12H19NO2. The molecule has 1 aromatic heterocycles. The van der Waals surface area contributed by atoms with E-state index >= 15 is 0 Å². The normalized spacial score (nSPS) is 10.7. The molecule has 0 saturated carbocycles. The highest BCUT2D eigenvalue weighted by atomic mass is 16.3. The second-order valence-corrected chi connectivity index (χ2v) is 3.79. The van der Waals surface area contributed by atoms with E-state index in [-0.39, 0.29) is 11.8 Å². The summed E-state index contributed by atoms with van der Waals surface area (Å²) in [5.41, 5.74) is 0. The van der Waals surface area contributed by atoms with Gasteiger partial charge in [0.15, 0.2) is 0 Å². The first-order valence-electron chi connectivity index (χ1n) is 5.46. The summed E-state index contributed by atoms with van der Waals surface area (Å²) in [5.74, 6) is 1.18. The molecule has 0 aliphatic carbocycles. The minimum Gasteiger partial charge on any atom is -0.467 e. The smallest absolute Gasteiger partial charge is 0.225 e. The maximum Gasteiger partial charge on any atom is 0.225 e. The molecule has 1 rings (SSSR count). The number of carbonyl (C=O) groups is 1. The maximum absolute atomic E-state index is 11.9. The van der Waals surface area contributed by atoms with Crippen molar-refractivity contribution in [3.05, 3.63) is 24.2 Å². The van der Waals surface area contributed by atoms with Gasteiger partial charge in [-0.15, -0.1) is 0 Å². The fourth-order valence-electron chi connectivity index (χ4n) is 1.66. The molecule has 3 heteroatoms. The van der Waals surface area contributed by atoms with Crippen molar-refractivity contribution in [3.63, 3.8) is 0 Å². The van der Waals surface area contributed by atoms with Crippen molar-refractivity contribution < 1.29 is 9.21 Å². The Morgan fingerprint density at radius 3 is 2.60 bits per heavy atom. The van der Waals surface area contributed by atoms with Gasteiger partial charge in [0.25, 0.3) is 0 Å². The second kappa shape index (κ2) is 5.59. The molecule has 0 aliphatic heterocycles. The molecule has 0 radical (unpaired) electrons. The molecule has 0 bridgehead atoms. The highest BCUT2D eigenvalue weighted by Gasteiger charge is 2.18. The Hall–Kier alpha value is -1.25. The maximum atomic E-state index is 11.9. The predicted molar refractivity (Wildman–Crippen MR) is 59.3 cm³/mol. The first-order chi connectivity index (χ1) is 7.19. The fourth-order valence-corrected chi connectivity index (χ4v) is 1.66. The zero-order valence-electron chi connectivity index (χ0n) is 9.69. The van der Waals surface area contributed by atoms with Gasteiger partial charge in [0, 0.05) is 13.0 Å². The molecule has 0 unspecified atom stereocenters. The number of hydrogen-bond acceptors (Lipinski definition) is 2. The molecule has 3 nitrogen and oxygen atoms in total. The Morgan fingerprint density at radius 1 is 1.47 bits per heavy atom. The van der Waals surface area contributed by atoms with Gasteiger partial charge in [0.05, 0.1) is 12.8 Å². The van der Waals surface area contributed by atoms with E-state index in [4.69, 9.17) is 4.42 Å². The summed E-state index contributed by atoms with van der Waals surface area (Å²) in [6.07, 6.45) is 3.43. The van der Waals surface area contributed by atoms with Gasteiger partial charge in [-0.05, 0) is 25.0 Å². The molecule has 0 atom stereocenters. The van der Waals surface area contributed by atoms with Gasteiger partial charge in [-0.2, -0.15) is 0 Å². The summed E-state index contributed by atoms with van der Waals surface area (Å²) in [6, 6.07) is 3.72. The van der Waals surface area contributed by atoms with E-state index in [2.05, 4.69) is 0 Å². The zero-order chi connectivity index (χ0) is 11.3. The van der Waals surface area contributed by atoms with Crippen molar-refractivity contribution in [1.29, 1.82) is 0 Å². The highest BCUT2D eigenvalue weighted by Crippen LogP contribution is 2.13. The van der Waals surface area contributed by atoms with Crippen LogP contribution in [0.5, 0.6) is 0 Å². The number of hydrogen-bond donors (Lipinski definition) is 0. The molecule has 0 aliphatic rings. The fraction of sp³-hybridized carbons (Fsp3) is 0.583. The summed E-state index contributed by atoms with van der Waals surface area (Å²) < 4.78 is 5.21. The molecule has 0 saturated heterocycles. The summed E-state index contributed by atoms with van der Waals surface area (Å²) in [4.78, 5) is 13.6. The minimum atomic E-state index is 0.143. The Bertz CT molecular complexity index is 289. The van der Waals surface area contributed by atoms with Crippen LogP contribution in [0.25, 0.3) is 0 Å². The standard InChI is InChI=1S/C12H19NO2/c1-4-10(5-2)12(14)13(3)9-11-7-6-8-15-11/h6-8,10H,4-5,9H2,1-3H3. The average molecular weight is 209 g/mol. The summed E-state index contributed by atoms with van der Waals surface area (Å²) in [7, 11) is 1.82. The third-order valence-electron chi connectivity index (χ3n) is 2.68. The predicted octanol–water partition coefficient (Wildman–Crippen LogP) is 2.67. The lowest BCUT2D eigenvalue weighted by molar-refractivity contribution is -0.135. The summed E-state index contributed by atoms with van der Waals surface area (Å²) in [5, 5.41) is 0. The lowest BCUT2D eigenvalue weighted by atomic mass is 10.0. The quantitative estimate of drug-likeness (QED) is 0.747. The van der Waals surface area contributed by atoms with E-state index in [0.717, 1.165) is 18.6 Å². The van der Waals surface area contributed by atoms with Gasteiger partial charge >= 0.3 is 0 Å². The number of rotatable bonds is 5. The molecule has 0 N–H and O–H groups in total. The Morgan fingerprint density at radius 2 is 2.13 bits per heavy atom.